The Bertz CT molecular complexity index is 3030. The van der Waals surface area contributed by atoms with Crippen molar-refractivity contribution < 1.29 is 4.42 Å². The van der Waals surface area contributed by atoms with Gasteiger partial charge in [-0.15, -0.1) is 0 Å². The molecule has 0 aliphatic heterocycles. The highest BCUT2D eigenvalue weighted by Crippen LogP contribution is 2.43. The molecule has 49 heavy (non-hydrogen) atoms. The minimum atomic E-state index is 0.522. The highest BCUT2D eigenvalue weighted by Gasteiger charge is 2.22. The van der Waals surface area contributed by atoms with E-state index < -0.39 is 0 Å². The first-order valence-electron chi connectivity index (χ1n) is 16.1. The van der Waals surface area contributed by atoms with E-state index in [0.29, 0.717) is 11.1 Å². The summed E-state index contributed by atoms with van der Waals surface area (Å²) >= 11 is 0. The summed E-state index contributed by atoms with van der Waals surface area (Å²) < 4.78 is 10.9. The summed E-state index contributed by atoms with van der Waals surface area (Å²) in [5.74, 6) is 0. The second kappa shape index (κ2) is 10.2. The summed E-state index contributed by atoms with van der Waals surface area (Å²) in [6, 6.07) is 54.0. The van der Waals surface area contributed by atoms with Gasteiger partial charge in [-0.05, 0) is 66.2 Å². The lowest BCUT2D eigenvalue weighted by atomic mass is 9.95. The quantitative estimate of drug-likeness (QED) is 0.196. The van der Waals surface area contributed by atoms with Gasteiger partial charge in [0.1, 0.15) is 17.2 Å². The fraction of sp³-hybridized carbons (Fsp3) is 0. The van der Waals surface area contributed by atoms with Crippen molar-refractivity contribution in [3.63, 3.8) is 0 Å². The van der Waals surface area contributed by atoms with Crippen LogP contribution in [0, 0.1) is 22.7 Å². The monoisotopic (exact) mass is 624 g/mol. The van der Waals surface area contributed by atoms with Gasteiger partial charge in [0.15, 0.2) is 0 Å². The third kappa shape index (κ3) is 3.73. The van der Waals surface area contributed by atoms with Gasteiger partial charge in [-0.2, -0.15) is 10.5 Å². The molecule has 0 bridgehead atoms. The summed E-state index contributed by atoms with van der Waals surface area (Å²) in [7, 11) is 0. The Kier molecular flexibility index (Phi) is 5.64. The Labute approximate surface area is 280 Å². The van der Waals surface area contributed by atoms with Crippen LogP contribution in [0.1, 0.15) is 11.1 Å². The topological polar surface area (TPSA) is 70.6 Å². The number of furan rings is 1. The van der Waals surface area contributed by atoms with Gasteiger partial charge in [-0.3, -0.25) is 0 Å². The highest BCUT2D eigenvalue weighted by atomic mass is 16.3. The maximum absolute atomic E-state index is 10.6. The van der Waals surface area contributed by atoms with E-state index in [1.54, 1.807) is 0 Å². The minimum absolute atomic E-state index is 0.522. The first-order chi connectivity index (χ1) is 24.2. The van der Waals surface area contributed by atoms with Crippen LogP contribution < -0.4 is 0 Å². The van der Waals surface area contributed by atoms with Crippen molar-refractivity contribution in [1.29, 1.82) is 10.5 Å². The molecular formula is C44H24N4O. The molecule has 10 rings (SSSR count). The molecule has 7 aromatic carbocycles. The van der Waals surface area contributed by atoms with Gasteiger partial charge in [0.05, 0.1) is 56.0 Å². The van der Waals surface area contributed by atoms with Crippen molar-refractivity contribution in [2.45, 2.75) is 0 Å². The average molecular weight is 625 g/mol. The largest absolute Gasteiger partial charge is 0.455 e. The number of benzene rings is 7. The van der Waals surface area contributed by atoms with Crippen LogP contribution in [0.15, 0.2) is 150 Å². The van der Waals surface area contributed by atoms with Crippen LogP contribution >= 0.6 is 0 Å². The number of para-hydroxylation sites is 4. The van der Waals surface area contributed by atoms with E-state index in [2.05, 4.69) is 81.9 Å². The summed E-state index contributed by atoms with van der Waals surface area (Å²) in [6.07, 6.45) is 0. The summed E-state index contributed by atoms with van der Waals surface area (Å²) in [6.45, 7) is 0. The summed E-state index contributed by atoms with van der Waals surface area (Å²) in [5, 5.41) is 27.6. The molecule has 0 fully saturated rings. The fourth-order valence-electron chi connectivity index (χ4n) is 7.78. The maximum atomic E-state index is 10.6. The van der Waals surface area contributed by atoms with E-state index in [1.807, 2.05) is 84.9 Å². The number of nitrogens with zero attached hydrogens (tertiary/aromatic N) is 4. The van der Waals surface area contributed by atoms with Crippen molar-refractivity contribution >= 4 is 65.6 Å². The number of hydrogen-bond acceptors (Lipinski definition) is 3. The van der Waals surface area contributed by atoms with Crippen LogP contribution in [0.3, 0.4) is 0 Å². The molecule has 0 aliphatic rings. The van der Waals surface area contributed by atoms with Gasteiger partial charge in [0, 0.05) is 32.5 Å². The molecule has 0 spiro atoms. The first-order valence-corrected chi connectivity index (χ1v) is 16.1. The van der Waals surface area contributed by atoms with E-state index in [1.165, 1.54) is 0 Å². The second-order valence-electron chi connectivity index (χ2n) is 12.3. The molecule has 5 nitrogen and oxygen atoms in total. The molecule has 3 aromatic heterocycles. The van der Waals surface area contributed by atoms with E-state index in [9.17, 15) is 10.5 Å². The number of aromatic nitrogens is 2. The van der Waals surface area contributed by atoms with Crippen LogP contribution in [-0.4, -0.2) is 9.13 Å². The van der Waals surface area contributed by atoms with E-state index >= 15 is 0 Å². The molecule has 0 atom stereocenters. The Morgan fingerprint density at radius 3 is 1.78 bits per heavy atom. The second-order valence-corrected chi connectivity index (χ2v) is 12.3. The Morgan fingerprint density at radius 1 is 0.449 bits per heavy atom. The zero-order valence-corrected chi connectivity index (χ0v) is 26.1. The summed E-state index contributed by atoms with van der Waals surface area (Å²) in [4.78, 5) is 0. The van der Waals surface area contributed by atoms with Gasteiger partial charge >= 0.3 is 0 Å². The molecule has 0 saturated heterocycles. The number of nitriles is 2. The van der Waals surface area contributed by atoms with Crippen LogP contribution in [0.2, 0.25) is 0 Å². The predicted molar refractivity (Wildman–Crippen MR) is 197 cm³/mol. The fourth-order valence-corrected chi connectivity index (χ4v) is 7.78. The van der Waals surface area contributed by atoms with E-state index in [-0.39, 0.29) is 0 Å². The summed E-state index contributed by atoms with van der Waals surface area (Å²) in [5.41, 5.74) is 10.0. The van der Waals surface area contributed by atoms with Gasteiger partial charge < -0.3 is 13.6 Å². The van der Waals surface area contributed by atoms with Crippen molar-refractivity contribution in [3.05, 3.63) is 157 Å². The Balaban J connectivity index is 1.25. The molecule has 3 heterocycles. The number of fused-ring (bicyclic) bond motifs is 10. The Hall–Kier alpha value is -7.08. The molecule has 0 unspecified atom stereocenters. The number of hydrogen-bond donors (Lipinski definition) is 0. The Morgan fingerprint density at radius 2 is 1.06 bits per heavy atom. The van der Waals surface area contributed by atoms with Gasteiger partial charge in [-0.1, -0.05) is 84.9 Å². The lowest BCUT2D eigenvalue weighted by molar-refractivity contribution is 0.673. The third-order valence-electron chi connectivity index (χ3n) is 9.81. The van der Waals surface area contributed by atoms with E-state index in [0.717, 1.165) is 88.1 Å². The standard InChI is InChI=1S/C44H24N4O/c45-25-28-10-9-18-39(48-38-17-7-3-14-34(38)43-40(48)23-21-33-32-13-4-8-19-41(32)49-44(33)43)42(28)27-20-22-35(29(24-27)26-46)47-36-15-5-1-11-30(36)31-12-2-6-16-37(31)47/h1-24H. The molecule has 0 N–H and O–H groups in total. The molecule has 0 saturated carbocycles. The van der Waals surface area contributed by atoms with Crippen molar-refractivity contribution in [2.24, 2.45) is 0 Å². The van der Waals surface area contributed by atoms with Gasteiger partial charge in [-0.25, -0.2) is 0 Å². The van der Waals surface area contributed by atoms with Gasteiger partial charge in [0.2, 0.25) is 0 Å². The van der Waals surface area contributed by atoms with E-state index in [4.69, 9.17) is 4.42 Å². The first kappa shape index (κ1) is 27.1. The number of rotatable bonds is 3. The minimum Gasteiger partial charge on any atom is -0.455 e. The van der Waals surface area contributed by atoms with Gasteiger partial charge in [0.25, 0.3) is 0 Å². The highest BCUT2D eigenvalue weighted by molar-refractivity contribution is 6.24. The molecule has 226 valence electrons. The van der Waals surface area contributed by atoms with Crippen LogP contribution in [0.4, 0.5) is 0 Å². The third-order valence-corrected chi connectivity index (χ3v) is 9.81. The molecule has 10 aromatic rings. The molecule has 0 aliphatic carbocycles. The van der Waals surface area contributed by atoms with Crippen LogP contribution in [-0.2, 0) is 0 Å². The lowest BCUT2D eigenvalue weighted by Gasteiger charge is -2.17. The normalized spacial score (nSPS) is 11.6. The zero-order valence-electron chi connectivity index (χ0n) is 26.1. The van der Waals surface area contributed by atoms with Crippen LogP contribution in [0.5, 0.6) is 0 Å². The zero-order chi connectivity index (χ0) is 32.6. The average Bonchev–Trinajstić information content (AvgIpc) is 3.82. The van der Waals surface area contributed by atoms with Crippen molar-refractivity contribution in [3.8, 4) is 34.6 Å². The molecule has 0 amide bonds. The predicted octanol–water partition coefficient (Wildman–Crippen LogP) is 11.2. The van der Waals surface area contributed by atoms with Crippen LogP contribution in [0.25, 0.3) is 88.1 Å². The molecule has 0 radical (unpaired) electrons. The SMILES string of the molecule is N#Cc1cc(-c2c(C#N)cccc2-n2c3ccccc3c3c4oc5ccccc5c4ccc32)ccc1-n1c2ccccc2c2ccccc21. The van der Waals surface area contributed by atoms with Crippen molar-refractivity contribution in [2.75, 3.05) is 0 Å². The lowest BCUT2D eigenvalue weighted by Crippen LogP contribution is -2.01. The molecule has 5 heteroatoms. The smallest absolute Gasteiger partial charge is 0.145 e. The molecular weight excluding hydrogens is 601 g/mol. The van der Waals surface area contributed by atoms with Crippen molar-refractivity contribution in [1.82, 2.24) is 9.13 Å². The maximum Gasteiger partial charge on any atom is 0.145 e.